The largest absolute Gasteiger partial charge is 0.478 e. The lowest BCUT2D eigenvalue weighted by Gasteiger charge is -2.30. The minimum atomic E-state index is -1.17. The Labute approximate surface area is 171 Å². The highest BCUT2D eigenvalue weighted by molar-refractivity contribution is 7.17. The van der Waals surface area contributed by atoms with Crippen LogP contribution < -0.4 is 10.5 Å². The molecule has 1 aliphatic rings. The van der Waals surface area contributed by atoms with Gasteiger partial charge in [0.05, 0.1) is 10.9 Å². The van der Waals surface area contributed by atoms with Crippen molar-refractivity contribution < 1.29 is 14.7 Å². The summed E-state index contributed by atoms with van der Waals surface area (Å²) in [4.78, 5) is 44.5. The number of benzene rings is 1. The van der Waals surface area contributed by atoms with Gasteiger partial charge in [-0.05, 0) is 24.5 Å². The maximum atomic E-state index is 13.2. The summed E-state index contributed by atoms with van der Waals surface area (Å²) >= 11 is 1.13. The first-order chi connectivity index (χ1) is 13.9. The smallest absolute Gasteiger partial charge is 0.337 e. The molecule has 1 aliphatic heterocycles. The Morgan fingerprint density at radius 1 is 1.28 bits per heavy atom. The molecule has 0 bridgehead atoms. The molecule has 0 aliphatic carbocycles. The fourth-order valence-corrected chi connectivity index (χ4v) is 4.71. The number of fused-ring (bicyclic) bond motifs is 2. The maximum Gasteiger partial charge on any atom is 0.337 e. The van der Waals surface area contributed by atoms with E-state index in [0.717, 1.165) is 35.4 Å². The van der Waals surface area contributed by atoms with E-state index < -0.39 is 11.5 Å². The van der Waals surface area contributed by atoms with Crippen molar-refractivity contribution in [1.82, 2.24) is 9.55 Å². The molecule has 8 heteroatoms. The van der Waals surface area contributed by atoms with Gasteiger partial charge >= 0.3 is 5.97 Å². The normalized spacial score (nSPS) is 13.7. The second kappa shape index (κ2) is 7.44. The monoisotopic (exact) mass is 411 g/mol. The van der Waals surface area contributed by atoms with Gasteiger partial charge in [0.2, 0.25) is 5.91 Å². The molecule has 150 valence electrons. The molecule has 0 unspecified atom stereocenters. The van der Waals surface area contributed by atoms with Crippen molar-refractivity contribution in [3.05, 3.63) is 57.0 Å². The average molecular weight is 411 g/mol. The number of carbonyl (C=O) groups excluding carboxylic acids is 1. The van der Waals surface area contributed by atoms with Crippen LogP contribution in [-0.2, 0) is 17.8 Å². The number of carboxylic acids is 1. The molecular weight excluding hydrogens is 390 g/mol. The number of aromatic nitrogens is 2. The number of anilines is 1. The predicted octanol–water partition coefficient (Wildman–Crippen LogP) is 3.26. The highest BCUT2D eigenvalue weighted by atomic mass is 32.1. The lowest BCUT2D eigenvalue weighted by Crippen LogP contribution is -2.40. The van der Waals surface area contributed by atoms with Gasteiger partial charge in [-0.2, -0.15) is 0 Å². The number of carbonyl (C=O) groups is 2. The molecule has 1 aromatic carbocycles. The van der Waals surface area contributed by atoms with E-state index >= 15 is 0 Å². The number of para-hydroxylation sites is 1. The van der Waals surface area contributed by atoms with E-state index in [1.165, 1.54) is 9.95 Å². The molecule has 1 amide bonds. The molecule has 0 saturated carbocycles. The zero-order chi connectivity index (χ0) is 20.7. The number of carboxylic acid groups (broad SMARTS) is 1. The van der Waals surface area contributed by atoms with Crippen molar-refractivity contribution in [2.24, 2.45) is 0 Å². The molecule has 4 rings (SSSR count). The third-order valence-electron chi connectivity index (χ3n) is 5.17. The SMILES string of the molecule is CC(C)c1nc2scc(C(=O)O)c2c(=O)n1CC(=O)N1CCCc2ccccc21. The topological polar surface area (TPSA) is 92.5 Å². The van der Waals surface area contributed by atoms with Gasteiger partial charge in [0, 0.05) is 23.5 Å². The van der Waals surface area contributed by atoms with E-state index in [1.54, 1.807) is 4.90 Å². The molecule has 0 fully saturated rings. The number of hydrogen-bond donors (Lipinski definition) is 1. The highest BCUT2D eigenvalue weighted by Crippen LogP contribution is 2.28. The number of thiophene rings is 1. The fourth-order valence-electron chi connectivity index (χ4n) is 3.80. The van der Waals surface area contributed by atoms with Crippen molar-refractivity contribution in [2.75, 3.05) is 11.4 Å². The van der Waals surface area contributed by atoms with Crippen LogP contribution in [0.25, 0.3) is 10.2 Å². The molecule has 1 N–H and O–H groups in total. The lowest BCUT2D eigenvalue weighted by atomic mass is 10.0. The summed E-state index contributed by atoms with van der Waals surface area (Å²) in [6.45, 7) is 4.22. The zero-order valence-corrected chi connectivity index (χ0v) is 17.0. The van der Waals surface area contributed by atoms with Crippen LogP contribution >= 0.6 is 11.3 Å². The molecule has 7 nitrogen and oxygen atoms in total. The Hall–Kier alpha value is -3.00. The van der Waals surface area contributed by atoms with E-state index in [0.29, 0.717) is 17.2 Å². The molecule has 0 saturated heterocycles. The van der Waals surface area contributed by atoms with E-state index in [2.05, 4.69) is 4.98 Å². The second-order valence-electron chi connectivity index (χ2n) is 7.43. The number of aromatic carboxylic acids is 1. The quantitative estimate of drug-likeness (QED) is 0.711. The van der Waals surface area contributed by atoms with Crippen LogP contribution in [0.3, 0.4) is 0 Å². The molecule has 0 radical (unpaired) electrons. The zero-order valence-electron chi connectivity index (χ0n) is 16.2. The van der Waals surface area contributed by atoms with E-state index in [1.807, 2.05) is 38.1 Å². The Morgan fingerprint density at radius 2 is 2.03 bits per heavy atom. The van der Waals surface area contributed by atoms with Crippen LogP contribution in [0.1, 0.15) is 47.9 Å². The molecule has 3 aromatic rings. The molecule has 0 atom stereocenters. The highest BCUT2D eigenvalue weighted by Gasteiger charge is 2.26. The standard InChI is InChI=1S/C21H21N3O4S/c1-12(2)18-22-19-17(14(11-29-19)21(27)28)20(26)24(18)10-16(25)23-9-5-7-13-6-3-4-8-15(13)23/h3-4,6,8,11-12H,5,7,9-10H2,1-2H3,(H,27,28). The summed E-state index contributed by atoms with van der Waals surface area (Å²) in [5, 5.41) is 10.9. The Balaban J connectivity index is 1.80. The Bertz CT molecular complexity index is 1180. The third kappa shape index (κ3) is 3.33. The summed E-state index contributed by atoms with van der Waals surface area (Å²) in [5.41, 5.74) is 1.44. The number of rotatable bonds is 4. The van der Waals surface area contributed by atoms with Crippen molar-refractivity contribution in [2.45, 2.75) is 39.2 Å². The Kier molecular flexibility index (Phi) is 4.96. The van der Waals surface area contributed by atoms with Gasteiger partial charge in [-0.3, -0.25) is 14.2 Å². The van der Waals surface area contributed by atoms with Crippen LogP contribution in [0.2, 0.25) is 0 Å². The number of aryl methyl sites for hydroxylation is 1. The van der Waals surface area contributed by atoms with Gasteiger partial charge in [-0.25, -0.2) is 9.78 Å². The van der Waals surface area contributed by atoms with Gasteiger partial charge in [0.15, 0.2) is 0 Å². The molecule has 0 spiro atoms. The maximum absolute atomic E-state index is 13.2. The number of nitrogens with zero attached hydrogens (tertiary/aromatic N) is 3. The molecular formula is C21H21N3O4S. The molecule has 29 heavy (non-hydrogen) atoms. The summed E-state index contributed by atoms with van der Waals surface area (Å²) in [6, 6.07) is 7.78. The first kappa shape index (κ1) is 19.3. The lowest BCUT2D eigenvalue weighted by molar-refractivity contribution is -0.119. The van der Waals surface area contributed by atoms with Gasteiger partial charge in [0.25, 0.3) is 5.56 Å². The van der Waals surface area contributed by atoms with Crippen molar-refractivity contribution in [3.8, 4) is 0 Å². The van der Waals surface area contributed by atoms with Crippen LogP contribution in [0.15, 0.2) is 34.4 Å². The average Bonchev–Trinajstić information content (AvgIpc) is 3.14. The van der Waals surface area contributed by atoms with Crippen LogP contribution in [-0.4, -0.2) is 33.1 Å². The predicted molar refractivity (Wildman–Crippen MR) is 112 cm³/mol. The van der Waals surface area contributed by atoms with Gasteiger partial charge in [-0.15, -0.1) is 11.3 Å². The summed E-state index contributed by atoms with van der Waals surface area (Å²) < 4.78 is 1.34. The van der Waals surface area contributed by atoms with E-state index in [4.69, 9.17) is 0 Å². The first-order valence-corrected chi connectivity index (χ1v) is 10.4. The van der Waals surface area contributed by atoms with Gasteiger partial charge < -0.3 is 10.0 Å². The summed E-state index contributed by atoms with van der Waals surface area (Å²) in [5.74, 6) is -0.978. The fraction of sp³-hybridized carbons (Fsp3) is 0.333. The number of hydrogen-bond acceptors (Lipinski definition) is 5. The van der Waals surface area contributed by atoms with Gasteiger partial charge in [0.1, 0.15) is 17.2 Å². The van der Waals surface area contributed by atoms with Crippen LogP contribution in [0.5, 0.6) is 0 Å². The summed E-state index contributed by atoms with van der Waals surface area (Å²) in [6.07, 6.45) is 1.78. The second-order valence-corrected chi connectivity index (χ2v) is 8.29. The van der Waals surface area contributed by atoms with E-state index in [-0.39, 0.29) is 29.3 Å². The minimum Gasteiger partial charge on any atom is -0.478 e. The van der Waals surface area contributed by atoms with Crippen molar-refractivity contribution >= 4 is 39.1 Å². The van der Waals surface area contributed by atoms with Gasteiger partial charge in [-0.1, -0.05) is 32.0 Å². The van der Waals surface area contributed by atoms with Crippen LogP contribution in [0.4, 0.5) is 5.69 Å². The number of amides is 1. The van der Waals surface area contributed by atoms with Crippen molar-refractivity contribution in [1.29, 1.82) is 0 Å². The minimum absolute atomic E-state index is 0.0673. The van der Waals surface area contributed by atoms with E-state index in [9.17, 15) is 19.5 Å². The third-order valence-corrected chi connectivity index (χ3v) is 6.05. The van der Waals surface area contributed by atoms with Crippen LogP contribution in [0, 0.1) is 0 Å². The molecule has 2 aromatic heterocycles. The Morgan fingerprint density at radius 3 is 2.76 bits per heavy atom. The molecule has 3 heterocycles. The first-order valence-electron chi connectivity index (χ1n) is 9.52. The van der Waals surface area contributed by atoms with Crippen molar-refractivity contribution in [3.63, 3.8) is 0 Å². The summed E-state index contributed by atoms with van der Waals surface area (Å²) in [7, 11) is 0.